The first-order valence-corrected chi connectivity index (χ1v) is 13.2. The Bertz CT molecular complexity index is 1280. The van der Waals surface area contributed by atoms with Gasteiger partial charge >= 0.3 is 0 Å². The zero-order valence-electron chi connectivity index (χ0n) is 21.6. The summed E-state index contributed by atoms with van der Waals surface area (Å²) < 4.78 is 36.1. The second-order valence-electron chi connectivity index (χ2n) is 10.3. The Balaban J connectivity index is 1.55. The van der Waals surface area contributed by atoms with Crippen LogP contribution in [0.15, 0.2) is 54.9 Å². The molecule has 1 amide bonds. The molecule has 2 aromatic carbocycles. The molecule has 1 aliphatic heterocycles. The van der Waals surface area contributed by atoms with E-state index < -0.39 is 11.4 Å². The van der Waals surface area contributed by atoms with Crippen LogP contribution < -0.4 is 5.32 Å². The van der Waals surface area contributed by atoms with Crippen molar-refractivity contribution in [2.24, 2.45) is 0 Å². The number of ether oxygens (including phenoxy) is 1. The molecule has 3 atom stereocenters. The van der Waals surface area contributed by atoms with Crippen LogP contribution in [0.25, 0.3) is 11.3 Å². The number of halogens is 2. The van der Waals surface area contributed by atoms with Gasteiger partial charge in [-0.05, 0) is 43.0 Å². The maximum atomic E-state index is 14.5. The van der Waals surface area contributed by atoms with E-state index in [9.17, 15) is 18.7 Å². The lowest BCUT2D eigenvalue weighted by molar-refractivity contribution is -0.0893. The Labute approximate surface area is 221 Å². The van der Waals surface area contributed by atoms with Gasteiger partial charge in [0.1, 0.15) is 17.2 Å². The third kappa shape index (κ3) is 5.23. The zero-order valence-corrected chi connectivity index (χ0v) is 21.6. The van der Waals surface area contributed by atoms with Gasteiger partial charge in [0.2, 0.25) is 0 Å². The Morgan fingerprint density at radius 2 is 2.05 bits per heavy atom. The monoisotopic (exact) mass is 524 g/mol. The van der Waals surface area contributed by atoms with Gasteiger partial charge in [0.25, 0.3) is 5.91 Å². The number of rotatable bonds is 7. The SMILES string of the molecule is COC[C@]1(O)CCCC[C@H]1n1cnc(C(=O)N2CCNC[C@H]2Cc2ccccc2F)c1-c1cccc(F)c1. The molecule has 0 unspecified atom stereocenters. The predicted molar refractivity (Wildman–Crippen MR) is 140 cm³/mol. The summed E-state index contributed by atoms with van der Waals surface area (Å²) in [5.74, 6) is -1.02. The molecule has 9 heteroatoms. The van der Waals surface area contributed by atoms with E-state index in [1.54, 1.807) is 48.7 Å². The van der Waals surface area contributed by atoms with E-state index in [0.717, 1.165) is 12.8 Å². The lowest BCUT2D eigenvalue weighted by Gasteiger charge is -2.41. The number of aliphatic hydroxyl groups is 1. The molecule has 0 radical (unpaired) electrons. The number of nitrogens with zero attached hydrogens (tertiary/aromatic N) is 3. The topological polar surface area (TPSA) is 79.6 Å². The van der Waals surface area contributed by atoms with Gasteiger partial charge < -0.3 is 24.6 Å². The molecule has 1 aliphatic carbocycles. The number of piperazine rings is 1. The van der Waals surface area contributed by atoms with Crippen molar-refractivity contribution in [1.29, 1.82) is 0 Å². The van der Waals surface area contributed by atoms with Crippen LogP contribution in [-0.4, -0.2) is 70.5 Å². The average molecular weight is 525 g/mol. The number of carbonyl (C=O) groups is 1. The first kappa shape index (κ1) is 26.5. The molecule has 38 heavy (non-hydrogen) atoms. The van der Waals surface area contributed by atoms with Crippen molar-refractivity contribution >= 4 is 5.91 Å². The molecule has 2 N–H and O–H groups in total. The van der Waals surface area contributed by atoms with Gasteiger partial charge in [0.15, 0.2) is 5.69 Å². The molecule has 1 saturated heterocycles. The van der Waals surface area contributed by atoms with Crippen molar-refractivity contribution in [2.75, 3.05) is 33.4 Å². The van der Waals surface area contributed by atoms with Crippen molar-refractivity contribution in [3.8, 4) is 11.3 Å². The number of nitrogens with one attached hydrogen (secondary N) is 1. The smallest absolute Gasteiger partial charge is 0.275 e. The Kier molecular flexibility index (Phi) is 7.88. The minimum Gasteiger partial charge on any atom is -0.385 e. The number of benzene rings is 2. The highest BCUT2D eigenvalue weighted by molar-refractivity contribution is 5.98. The predicted octanol–water partition coefficient (Wildman–Crippen LogP) is 3.98. The van der Waals surface area contributed by atoms with E-state index in [-0.39, 0.29) is 36.1 Å². The van der Waals surface area contributed by atoms with Crippen LogP contribution in [0.3, 0.4) is 0 Å². The Hall–Kier alpha value is -3.14. The molecular formula is C29H34F2N4O3. The van der Waals surface area contributed by atoms with Gasteiger partial charge in [-0.2, -0.15) is 0 Å². The standard InChI is InChI=1S/C29H34F2N4O3/c1-38-18-29(37)12-5-4-11-25(29)35-19-33-26(27(35)21-8-6-9-22(30)15-21)28(36)34-14-13-32-17-23(34)16-20-7-2-3-10-24(20)31/h2-3,6-10,15,19,23,25,32,37H,4-5,11-14,16-18H2,1H3/t23-,25-,29-/m1/s1. The van der Waals surface area contributed by atoms with Crippen LogP contribution in [0.4, 0.5) is 8.78 Å². The van der Waals surface area contributed by atoms with E-state index in [0.29, 0.717) is 55.7 Å². The van der Waals surface area contributed by atoms with Gasteiger partial charge in [-0.3, -0.25) is 4.79 Å². The first-order valence-electron chi connectivity index (χ1n) is 13.2. The van der Waals surface area contributed by atoms with Crippen LogP contribution in [0.5, 0.6) is 0 Å². The normalized spacial score (nSPS) is 23.9. The highest BCUT2D eigenvalue weighted by Gasteiger charge is 2.42. The molecule has 5 rings (SSSR count). The molecule has 3 aromatic rings. The van der Waals surface area contributed by atoms with E-state index in [2.05, 4.69) is 10.3 Å². The molecule has 0 bridgehead atoms. The minimum atomic E-state index is -1.14. The maximum absolute atomic E-state index is 14.5. The van der Waals surface area contributed by atoms with Gasteiger partial charge in [-0.1, -0.05) is 43.2 Å². The zero-order chi connectivity index (χ0) is 26.7. The van der Waals surface area contributed by atoms with Crippen LogP contribution in [-0.2, 0) is 11.2 Å². The van der Waals surface area contributed by atoms with Gasteiger partial charge in [0, 0.05) is 38.3 Å². The Morgan fingerprint density at radius 3 is 2.84 bits per heavy atom. The maximum Gasteiger partial charge on any atom is 0.275 e. The first-order chi connectivity index (χ1) is 18.4. The van der Waals surface area contributed by atoms with Crippen molar-refractivity contribution in [3.63, 3.8) is 0 Å². The summed E-state index contributed by atoms with van der Waals surface area (Å²) in [4.78, 5) is 20.4. The lowest BCUT2D eigenvalue weighted by Crippen LogP contribution is -2.54. The number of hydrogen-bond donors (Lipinski definition) is 2. The second-order valence-corrected chi connectivity index (χ2v) is 10.3. The minimum absolute atomic E-state index is 0.143. The third-order valence-electron chi connectivity index (χ3n) is 7.81. The van der Waals surface area contributed by atoms with Crippen molar-refractivity contribution in [2.45, 2.75) is 49.8 Å². The van der Waals surface area contributed by atoms with Crippen molar-refractivity contribution in [1.82, 2.24) is 19.8 Å². The fourth-order valence-corrected chi connectivity index (χ4v) is 5.96. The van der Waals surface area contributed by atoms with Crippen LogP contribution in [0.1, 0.15) is 47.8 Å². The molecule has 7 nitrogen and oxygen atoms in total. The van der Waals surface area contributed by atoms with Crippen molar-refractivity contribution in [3.05, 3.63) is 77.8 Å². The quantitative estimate of drug-likeness (QED) is 0.489. The van der Waals surface area contributed by atoms with Crippen LogP contribution in [0, 0.1) is 11.6 Å². The molecule has 2 aliphatic rings. The van der Waals surface area contributed by atoms with E-state index >= 15 is 0 Å². The number of methoxy groups -OCH3 is 1. The molecular weight excluding hydrogens is 490 g/mol. The third-order valence-corrected chi connectivity index (χ3v) is 7.81. The number of amides is 1. The Morgan fingerprint density at radius 1 is 1.21 bits per heavy atom. The summed E-state index contributed by atoms with van der Waals surface area (Å²) in [5.41, 5.74) is 0.581. The molecule has 1 saturated carbocycles. The summed E-state index contributed by atoms with van der Waals surface area (Å²) in [6.45, 7) is 1.70. The highest BCUT2D eigenvalue weighted by Crippen LogP contribution is 2.41. The summed E-state index contributed by atoms with van der Waals surface area (Å²) >= 11 is 0. The molecule has 1 aromatic heterocycles. The summed E-state index contributed by atoms with van der Waals surface area (Å²) in [6, 6.07) is 12.0. The van der Waals surface area contributed by atoms with Crippen LogP contribution >= 0.6 is 0 Å². The fourth-order valence-electron chi connectivity index (χ4n) is 5.96. The van der Waals surface area contributed by atoms with E-state index in [1.807, 2.05) is 4.57 Å². The largest absolute Gasteiger partial charge is 0.385 e. The molecule has 0 spiro atoms. The second kappa shape index (κ2) is 11.3. The average Bonchev–Trinajstić information content (AvgIpc) is 3.35. The van der Waals surface area contributed by atoms with Crippen molar-refractivity contribution < 1.29 is 23.4 Å². The molecule has 2 heterocycles. The summed E-state index contributed by atoms with van der Waals surface area (Å²) in [5, 5.41) is 14.9. The molecule has 202 valence electrons. The van der Waals surface area contributed by atoms with Gasteiger partial charge in [-0.25, -0.2) is 13.8 Å². The van der Waals surface area contributed by atoms with Gasteiger partial charge in [-0.15, -0.1) is 0 Å². The van der Waals surface area contributed by atoms with Gasteiger partial charge in [0.05, 0.1) is 24.7 Å². The summed E-state index contributed by atoms with van der Waals surface area (Å²) in [6.07, 6.45) is 4.94. The number of hydrogen-bond acceptors (Lipinski definition) is 5. The van der Waals surface area contributed by atoms with E-state index in [4.69, 9.17) is 4.74 Å². The summed E-state index contributed by atoms with van der Waals surface area (Å²) in [7, 11) is 1.56. The fraction of sp³-hybridized carbons (Fsp3) is 0.448. The number of carbonyl (C=O) groups excluding carboxylic acids is 1. The highest BCUT2D eigenvalue weighted by atomic mass is 19.1. The number of imidazole rings is 1. The van der Waals surface area contributed by atoms with E-state index in [1.165, 1.54) is 18.2 Å². The molecule has 2 fully saturated rings. The lowest BCUT2D eigenvalue weighted by atomic mass is 9.80. The van der Waals surface area contributed by atoms with Crippen LogP contribution in [0.2, 0.25) is 0 Å². The number of aromatic nitrogens is 2.